The van der Waals surface area contributed by atoms with Gasteiger partial charge < -0.3 is 20.2 Å². The zero-order chi connectivity index (χ0) is 71.2. The van der Waals surface area contributed by atoms with E-state index in [2.05, 4.69) is 10.2 Å². The fraction of sp³-hybridized carbons (Fsp3) is 0.426. The molecule has 4 aromatic carbocycles. The molecule has 4 aliphatic rings. The van der Waals surface area contributed by atoms with E-state index in [-0.39, 0.29) is 66.9 Å². The zero-order valence-corrected chi connectivity index (χ0v) is 59.4. The maximum absolute atomic E-state index is 13.6. The van der Waals surface area contributed by atoms with Crippen LogP contribution in [-0.2, 0) is 94.9 Å². The third-order valence-electron chi connectivity index (χ3n) is 18.8. The van der Waals surface area contributed by atoms with Crippen LogP contribution in [0.15, 0.2) is 147 Å². The minimum Gasteiger partial charge on any atom is -0.481 e. The van der Waals surface area contributed by atoms with Gasteiger partial charge in [-0.15, -0.1) is 0 Å². The lowest BCUT2D eigenvalue weighted by Gasteiger charge is -2.27. The molecule has 9 rings (SSSR count). The minimum atomic E-state index is -5.01. The van der Waals surface area contributed by atoms with Gasteiger partial charge in [0, 0.05) is 102 Å². The van der Waals surface area contributed by atoms with Crippen LogP contribution in [0.4, 0.5) is 22.9 Å². The van der Waals surface area contributed by atoms with E-state index in [9.17, 15) is 79.5 Å². The van der Waals surface area contributed by atoms with Crippen LogP contribution in [0.25, 0.3) is 10.8 Å². The van der Waals surface area contributed by atoms with Crippen molar-refractivity contribution in [1.82, 2.24) is 5.32 Å². The highest BCUT2D eigenvalue weighted by Gasteiger charge is 2.47. The SMILES string of the molecule is CC1(C)C(/C=C/C=C2/N(CCCCCC(=O)O)c3ccc(S(=O)(=O)O)cc3C2(C)C)=[N+](CCCS(=O)(=O)O)c2ccc(CNC(=O)CCCCCN3/C(=C/C=C/C4=Nc5c(ccc[n+]5CCCS(=O)(=O)O)C4(C)C)C(C)(C)c4c3ccc3c(S(=O)(=O)O)cc(S(=O)(=O)O)cc43)cc21. The molecule has 0 saturated heterocycles. The lowest BCUT2D eigenvalue weighted by Crippen LogP contribution is -2.35. The number of aryl methyl sites for hydroxylation is 1. The Labute approximate surface area is 567 Å². The first-order chi connectivity index (χ1) is 45.0. The molecule has 4 aliphatic heterocycles. The van der Waals surface area contributed by atoms with E-state index in [0.29, 0.717) is 86.0 Å². The third-order valence-corrected chi connectivity index (χ3v) is 23.0. The molecule has 5 aromatic rings. The lowest BCUT2D eigenvalue weighted by atomic mass is 9.80. The van der Waals surface area contributed by atoms with Crippen molar-refractivity contribution in [3.63, 3.8) is 0 Å². The Morgan fingerprint density at radius 3 is 1.77 bits per heavy atom. The maximum atomic E-state index is 13.6. The number of allylic oxidation sites excluding steroid dienone is 8. The van der Waals surface area contributed by atoms with E-state index in [1.807, 2.05) is 136 Å². The van der Waals surface area contributed by atoms with Gasteiger partial charge in [0.05, 0.1) is 50.4 Å². The van der Waals surface area contributed by atoms with Gasteiger partial charge in [0.25, 0.3) is 50.6 Å². The first-order valence-electron chi connectivity index (χ1n) is 31.8. The van der Waals surface area contributed by atoms with Crippen LogP contribution >= 0.6 is 0 Å². The molecule has 0 saturated carbocycles. The highest BCUT2D eigenvalue weighted by atomic mass is 32.2. The van der Waals surface area contributed by atoms with Gasteiger partial charge >= 0.3 is 11.8 Å². The number of carbonyl (C=O) groups is 2. The van der Waals surface area contributed by atoms with Crippen molar-refractivity contribution in [1.29, 1.82) is 0 Å². The van der Waals surface area contributed by atoms with Crippen molar-refractivity contribution in [2.45, 2.75) is 169 Å². The van der Waals surface area contributed by atoms with Crippen LogP contribution in [0.2, 0.25) is 0 Å². The molecule has 29 heteroatoms. The molecule has 0 aliphatic carbocycles. The van der Waals surface area contributed by atoms with Crippen molar-refractivity contribution in [2.24, 2.45) is 4.99 Å². The van der Waals surface area contributed by atoms with Crippen LogP contribution in [0.5, 0.6) is 0 Å². The van der Waals surface area contributed by atoms with Gasteiger partial charge in [0.15, 0.2) is 11.4 Å². The van der Waals surface area contributed by atoms with Gasteiger partial charge in [0.2, 0.25) is 11.6 Å². The molecule has 1 aromatic heterocycles. The Bertz CT molecular complexity index is 4820. The number of nitrogens with one attached hydrogen (secondary N) is 1. The quantitative estimate of drug-likeness (QED) is 0.0133. The summed E-state index contributed by atoms with van der Waals surface area (Å²) in [5.41, 5.74) is 6.00. The van der Waals surface area contributed by atoms with Gasteiger partial charge in [-0.05, 0) is 153 Å². The van der Waals surface area contributed by atoms with E-state index in [0.717, 1.165) is 45.2 Å². The molecule has 0 fully saturated rings. The number of hydrogen-bond donors (Lipinski definition) is 7. The number of nitrogens with zero attached hydrogens (tertiary/aromatic N) is 5. The Balaban J connectivity index is 0.920. The van der Waals surface area contributed by atoms with Crippen molar-refractivity contribution < 1.29 is 88.7 Å². The Morgan fingerprint density at radius 2 is 1.15 bits per heavy atom. The molecule has 0 radical (unpaired) electrons. The summed E-state index contributed by atoms with van der Waals surface area (Å²) < 4.78 is 176. The maximum Gasteiger partial charge on any atom is 0.327 e. The fourth-order valence-electron chi connectivity index (χ4n) is 13.9. The average molecular weight is 1430 g/mol. The van der Waals surface area contributed by atoms with E-state index in [1.165, 1.54) is 24.3 Å². The Kier molecular flexibility index (Phi) is 21.2. The second-order valence-corrected chi connectivity index (χ2v) is 34.5. The van der Waals surface area contributed by atoms with Gasteiger partial charge in [-0.2, -0.15) is 46.7 Å². The molecule has 0 bridgehead atoms. The highest BCUT2D eigenvalue weighted by molar-refractivity contribution is 7.87. The van der Waals surface area contributed by atoms with Crippen LogP contribution in [-0.4, -0.2) is 129 Å². The molecule has 0 unspecified atom stereocenters. The molecular formula is C68H84N6O18S5+2. The van der Waals surface area contributed by atoms with Crippen molar-refractivity contribution in [3.05, 3.63) is 155 Å². The van der Waals surface area contributed by atoms with Crippen LogP contribution in [0.3, 0.4) is 0 Å². The highest BCUT2D eigenvalue weighted by Crippen LogP contribution is 2.53. The molecule has 7 N–H and O–H groups in total. The summed E-state index contributed by atoms with van der Waals surface area (Å²) in [6.07, 6.45) is 17.0. The normalized spacial score (nSPS) is 18.0. The fourth-order valence-corrected chi connectivity index (χ4v) is 16.7. The molecule has 1 amide bonds. The molecule has 0 atom stereocenters. The number of benzene rings is 4. The second-order valence-electron chi connectivity index (χ2n) is 27.1. The van der Waals surface area contributed by atoms with Gasteiger partial charge in [-0.1, -0.05) is 64.8 Å². The summed E-state index contributed by atoms with van der Waals surface area (Å²) in [5, 5.41) is 12.5. The smallest absolute Gasteiger partial charge is 0.327 e. The summed E-state index contributed by atoms with van der Waals surface area (Å²) in [7, 11) is -23.0. The first-order valence-corrected chi connectivity index (χ1v) is 39.4. The number of aliphatic imine (C=N–C) groups is 1. The standard InChI is InChI=1S/C68H82N6O18S5/c1-65(2)50-20-17-33-71(34-18-38-93(78,79)80)64(50)70-57(65)21-15-22-60-68(7,8)63-49-41-47(96(87,88)89)43-56(97(90,91)92)48(49)29-32-55(63)74(60)36-13-9-11-25-61(75)69-44-45-27-30-53-51(40-45)66(3,4)58(73(53)37-19-39-94(81,82)83)23-16-24-59-67(5,6)52-42-46(95(84,85)86)28-31-54(52)72(59)35-14-10-12-26-62(76)77/h15-17,20-24,27-33,40-43H,9-14,18-19,25-26,34-39,44H2,1-8H3,(H5-2,69,75,76,77,78,79,80,81,82,83,84,85,86,87,88,89,90,91,92)/p+2. The van der Waals surface area contributed by atoms with E-state index < -0.39 is 99.5 Å². The number of unbranched alkanes of at least 4 members (excludes halogenated alkanes) is 4. The van der Waals surface area contributed by atoms with E-state index in [4.69, 9.17) is 4.99 Å². The van der Waals surface area contributed by atoms with Crippen molar-refractivity contribution in [2.75, 3.05) is 40.9 Å². The molecular weight excluding hydrogens is 1350 g/mol. The Morgan fingerprint density at radius 1 is 0.557 bits per heavy atom. The van der Waals surface area contributed by atoms with Crippen molar-refractivity contribution in [3.8, 4) is 0 Å². The number of fused-ring (bicyclic) bond motifs is 6. The lowest BCUT2D eigenvalue weighted by molar-refractivity contribution is -0.684. The average Bonchev–Trinajstić information content (AvgIpc) is 1.61. The van der Waals surface area contributed by atoms with Gasteiger partial charge in [-0.25, -0.2) is 4.57 Å². The predicted octanol–water partition coefficient (Wildman–Crippen LogP) is 10.2. The first kappa shape index (κ1) is 73.9. The summed E-state index contributed by atoms with van der Waals surface area (Å²) in [5.74, 6) is -1.35. The van der Waals surface area contributed by atoms with E-state index in [1.54, 1.807) is 18.3 Å². The van der Waals surface area contributed by atoms with Crippen LogP contribution in [0.1, 0.15) is 147 Å². The largest absolute Gasteiger partial charge is 0.481 e. The summed E-state index contributed by atoms with van der Waals surface area (Å²) >= 11 is 0. The summed E-state index contributed by atoms with van der Waals surface area (Å²) in [6, 6.07) is 19.2. The predicted molar refractivity (Wildman–Crippen MR) is 370 cm³/mol. The molecule has 24 nitrogen and oxygen atoms in total. The monoisotopic (exact) mass is 1430 g/mol. The van der Waals surface area contributed by atoms with Gasteiger partial charge in [0.1, 0.15) is 11.4 Å². The molecule has 97 heavy (non-hydrogen) atoms. The number of aliphatic carboxylic acids is 1. The second kappa shape index (κ2) is 27.8. The number of pyridine rings is 1. The van der Waals surface area contributed by atoms with Crippen LogP contribution in [0, 0.1) is 0 Å². The number of aromatic nitrogens is 1. The summed E-state index contributed by atoms with van der Waals surface area (Å²) in [6.45, 7) is 17.3. The zero-order valence-electron chi connectivity index (χ0n) is 55.4. The number of carboxylic acid groups (broad SMARTS) is 1. The van der Waals surface area contributed by atoms with Crippen molar-refractivity contribution >= 4 is 108 Å². The van der Waals surface area contributed by atoms with E-state index >= 15 is 0 Å². The number of carbonyl (C=O) groups excluding carboxylic acids is 1. The minimum absolute atomic E-state index is 0.0274. The van der Waals surface area contributed by atoms with Gasteiger partial charge in [-0.3, -0.25) is 32.4 Å². The number of hydrogen-bond acceptors (Lipinski definition) is 15. The number of amides is 1. The molecule has 522 valence electrons. The third kappa shape index (κ3) is 16.2. The summed E-state index contributed by atoms with van der Waals surface area (Å²) in [4.78, 5) is 32.3. The number of anilines is 2. The molecule has 5 heterocycles. The Hall–Kier alpha value is -7.32. The number of carboxylic acids is 1. The molecule has 0 spiro atoms. The van der Waals surface area contributed by atoms with Crippen LogP contribution < -0.4 is 19.7 Å². The topological polar surface area (TPSA) is 364 Å². The number of rotatable bonds is 29.